The van der Waals surface area contributed by atoms with Gasteiger partial charge in [-0.25, -0.2) is 0 Å². The quantitative estimate of drug-likeness (QED) is 0.347. The van der Waals surface area contributed by atoms with Crippen LogP contribution in [0.4, 0.5) is 0 Å². The van der Waals surface area contributed by atoms with Crippen molar-refractivity contribution in [2.24, 2.45) is 10.9 Å². The molecule has 0 radical (unpaired) electrons. The zero-order valence-electron chi connectivity index (χ0n) is 8.97. The summed E-state index contributed by atoms with van der Waals surface area (Å²) in [6, 6.07) is 3.64. The summed E-state index contributed by atoms with van der Waals surface area (Å²) in [5.74, 6) is 0.0190. The van der Waals surface area contributed by atoms with Gasteiger partial charge in [0.15, 0.2) is 5.84 Å². The summed E-state index contributed by atoms with van der Waals surface area (Å²) in [5.41, 5.74) is 6.91. The van der Waals surface area contributed by atoms with E-state index in [1.807, 2.05) is 6.07 Å². The van der Waals surface area contributed by atoms with E-state index in [1.54, 1.807) is 12.3 Å². The molecule has 5 nitrogen and oxygen atoms in total. The molecule has 5 heteroatoms. The van der Waals surface area contributed by atoms with E-state index < -0.39 is 0 Å². The van der Waals surface area contributed by atoms with E-state index in [2.05, 4.69) is 10.1 Å². The molecular formula is C11H15N3O2. The standard InChI is InChI=1S/C11H15N3O2/c12-11(14-15)10-6-8(4-5-13-10)7-16-9-2-1-3-9/h4-6,9,15H,1-3,7H2,(H2,12,14). The molecule has 16 heavy (non-hydrogen) atoms. The van der Waals surface area contributed by atoms with Gasteiger partial charge in [0.05, 0.1) is 12.7 Å². The lowest BCUT2D eigenvalue weighted by Gasteiger charge is -2.25. The van der Waals surface area contributed by atoms with Crippen LogP contribution in [0.2, 0.25) is 0 Å². The molecule has 3 N–H and O–H groups in total. The average Bonchev–Trinajstić information content (AvgIpc) is 2.26. The van der Waals surface area contributed by atoms with Crippen molar-refractivity contribution >= 4 is 5.84 Å². The van der Waals surface area contributed by atoms with Gasteiger partial charge in [-0.2, -0.15) is 0 Å². The zero-order valence-corrected chi connectivity index (χ0v) is 8.97. The Labute approximate surface area is 93.9 Å². The van der Waals surface area contributed by atoms with Gasteiger partial charge in [0.2, 0.25) is 0 Å². The fourth-order valence-electron chi connectivity index (χ4n) is 1.51. The number of aromatic nitrogens is 1. The highest BCUT2D eigenvalue weighted by atomic mass is 16.5. The van der Waals surface area contributed by atoms with Gasteiger partial charge in [-0.05, 0) is 37.0 Å². The second kappa shape index (κ2) is 4.94. The topological polar surface area (TPSA) is 80.7 Å². The van der Waals surface area contributed by atoms with Gasteiger partial charge in [-0.1, -0.05) is 5.16 Å². The molecule has 0 aliphatic heterocycles. The van der Waals surface area contributed by atoms with E-state index >= 15 is 0 Å². The van der Waals surface area contributed by atoms with Crippen molar-refractivity contribution in [1.82, 2.24) is 4.98 Å². The molecule has 2 rings (SSSR count). The summed E-state index contributed by atoms with van der Waals surface area (Å²) in [7, 11) is 0. The number of amidine groups is 1. The molecule has 1 fully saturated rings. The maximum Gasteiger partial charge on any atom is 0.188 e. The zero-order chi connectivity index (χ0) is 11.4. The van der Waals surface area contributed by atoms with Crippen LogP contribution >= 0.6 is 0 Å². The van der Waals surface area contributed by atoms with Crippen molar-refractivity contribution in [3.63, 3.8) is 0 Å². The lowest BCUT2D eigenvalue weighted by Crippen LogP contribution is -2.21. The summed E-state index contributed by atoms with van der Waals surface area (Å²) in [6.45, 7) is 0.554. The highest BCUT2D eigenvalue weighted by molar-refractivity contribution is 5.95. The van der Waals surface area contributed by atoms with Gasteiger partial charge < -0.3 is 15.7 Å². The van der Waals surface area contributed by atoms with Crippen molar-refractivity contribution < 1.29 is 9.94 Å². The third-order valence-corrected chi connectivity index (χ3v) is 2.73. The van der Waals surface area contributed by atoms with E-state index in [-0.39, 0.29) is 5.84 Å². The second-order valence-corrected chi connectivity index (χ2v) is 3.90. The Balaban J connectivity index is 1.98. The van der Waals surface area contributed by atoms with Crippen molar-refractivity contribution in [1.29, 1.82) is 0 Å². The Morgan fingerprint density at radius 3 is 3.06 bits per heavy atom. The third-order valence-electron chi connectivity index (χ3n) is 2.73. The van der Waals surface area contributed by atoms with Gasteiger partial charge >= 0.3 is 0 Å². The van der Waals surface area contributed by atoms with Crippen LogP contribution in [0.5, 0.6) is 0 Å². The number of hydrogen-bond acceptors (Lipinski definition) is 4. The third kappa shape index (κ3) is 2.49. The molecule has 1 aliphatic carbocycles. The lowest BCUT2D eigenvalue weighted by atomic mass is 9.96. The average molecular weight is 221 g/mol. The Hall–Kier alpha value is -1.62. The summed E-state index contributed by atoms with van der Waals surface area (Å²) in [5, 5.41) is 11.4. The van der Waals surface area contributed by atoms with E-state index in [9.17, 15) is 0 Å². The van der Waals surface area contributed by atoms with E-state index in [0.717, 1.165) is 18.4 Å². The van der Waals surface area contributed by atoms with Gasteiger partial charge in [0.1, 0.15) is 5.69 Å². The number of oxime groups is 1. The van der Waals surface area contributed by atoms with E-state index in [0.29, 0.717) is 18.4 Å². The minimum absolute atomic E-state index is 0.0190. The van der Waals surface area contributed by atoms with Crippen molar-refractivity contribution in [2.75, 3.05) is 0 Å². The SMILES string of the molecule is NC(=NO)c1cc(COC2CCC2)ccn1. The van der Waals surface area contributed by atoms with Crippen LogP contribution in [-0.2, 0) is 11.3 Å². The lowest BCUT2D eigenvalue weighted by molar-refractivity contribution is -0.00869. The maximum absolute atomic E-state index is 8.54. The van der Waals surface area contributed by atoms with Crippen LogP contribution in [0.1, 0.15) is 30.5 Å². The number of nitrogens with zero attached hydrogens (tertiary/aromatic N) is 2. The number of pyridine rings is 1. The number of hydrogen-bond donors (Lipinski definition) is 2. The predicted molar refractivity (Wildman–Crippen MR) is 59.2 cm³/mol. The summed E-state index contributed by atoms with van der Waals surface area (Å²) >= 11 is 0. The van der Waals surface area contributed by atoms with Crippen LogP contribution in [-0.4, -0.2) is 22.1 Å². The molecule has 1 heterocycles. The summed E-state index contributed by atoms with van der Waals surface area (Å²) < 4.78 is 5.66. The Kier molecular flexibility index (Phi) is 3.36. The van der Waals surface area contributed by atoms with Gasteiger partial charge in [0.25, 0.3) is 0 Å². The fourth-order valence-corrected chi connectivity index (χ4v) is 1.51. The molecule has 0 atom stereocenters. The minimum atomic E-state index is 0.0190. The predicted octanol–water partition coefficient (Wildman–Crippen LogP) is 1.25. The summed E-state index contributed by atoms with van der Waals surface area (Å²) in [4.78, 5) is 4.00. The van der Waals surface area contributed by atoms with E-state index in [1.165, 1.54) is 6.42 Å². The molecule has 86 valence electrons. The Bertz CT molecular complexity index is 389. The first kappa shape index (κ1) is 10.9. The molecule has 1 aromatic heterocycles. The molecule has 0 spiro atoms. The van der Waals surface area contributed by atoms with Gasteiger partial charge in [-0.15, -0.1) is 0 Å². The molecular weight excluding hydrogens is 206 g/mol. The molecule has 0 aromatic carbocycles. The monoisotopic (exact) mass is 221 g/mol. The highest BCUT2D eigenvalue weighted by Gasteiger charge is 2.17. The Morgan fingerprint density at radius 2 is 2.44 bits per heavy atom. The first-order valence-corrected chi connectivity index (χ1v) is 5.34. The first-order valence-electron chi connectivity index (χ1n) is 5.34. The van der Waals surface area contributed by atoms with Gasteiger partial charge in [0, 0.05) is 6.20 Å². The van der Waals surface area contributed by atoms with Crippen LogP contribution in [0, 0.1) is 0 Å². The van der Waals surface area contributed by atoms with E-state index in [4.69, 9.17) is 15.7 Å². The molecule has 1 saturated carbocycles. The second-order valence-electron chi connectivity index (χ2n) is 3.90. The molecule has 0 bridgehead atoms. The van der Waals surface area contributed by atoms with Crippen LogP contribution in [0.15, 0.2) is 23.5 Å². The molecule has 0 saturated heterocycles. The summed E-state index contributed by atoms with van der Waals surface area (Å²) in [6.07, 6.45) is 5.60. The van der Waals surface area contributed by atoms with Gasteiger partial charge in [-0.3, -0.25) is 4.98 Å². The van der Waals surface area contributed by atoms with Crippen LogP contribution < -0.4 is 5.73 Å². The number of rotatable bonds is 4. The van der Waals surface area contributed by atoms with Crippen LogP contribution in [0.25, 0.3) is 0 Å². The Morgan fingerprint density at radius 1 is 1.62 bits per heavy atom. The first-order chi connectivity index (χ1) is 7.79. The molecule has 0 unspecified atom stereocenters. The molecule has 1 aromatic rings. The van der Waals surface area contributed by atoms with Crippen molar-refractivity contribution in [3.05, 3.63) is 29.6 Å². The number of nitrogens with two attached hydrogens (primary N) is 1. The molecule has 0 amide bonds. The highest BCUT2D eigenvalue weighted by Crippen LogP contribution is 2.23. The largest absolute Gasteiger partial charge is 0.409 e. The normalized spacial score (nSPS) is 17.1. The van der Waals surface area contributed by atoms with Crippen LogP contribution in [0.3, 0.4) is 0 Å². The fraction of sp³-hybridized carbons (Fsp3) is 0.455. The molecule has 1 aliphatic rings. The number of ether oxygens (including phenoxy) is 1. The van der Waals surface area contributed by atoms with Crippen molar-refractivity contribution in [2.45, 2.75) is 32.0 Å². The van der Waals surface area contributed by atoms with Crippen molar-refractivity contribution in [3.8, 4) is 0 Å². The minimum Gasteiger partial charge on any atom is -0.409 e. The maximum atomic E-state index is 8.54. The smallest absolute Gasteiger partial charge is 0.188 e.